The van der Waals surface area contributed by atoms with Crippen molar-refractivity contribution >= 4 is 23.5 Å². The summed E-state index contributed by atoms with van der Waals surface area (Å²) in [5, 5.41) is 4.22. The molecular formula is C17H20N4OS. The van der Waals surface area contributed by atoms with Gasteiger partial charge in [0.15, 0.2) is 0 Å². The van der Waals surface area contributed by atoms with Crippen LogP contribution in [0.5, 0.6) is 0 Å². The summed E-state index contributed by atoms with van der Waals surface area (Å²) in [4.78, 5) is 22.7. The molecule has 1 aromatic carbocycles. The van der Waals surface area contributed by atoms with Gasteiger partial charge in [-0.3, -0.25) is 9.78 Å². The molecule has 2 aromatic rings. The van der Waals surface area contributed by atoms with Crippen LogP contribution in [0, 0.1) is 5.92 Å². The van der Waals surface area contributed by atoms with Gasteiger partial charge in [-0.05, 0) is 11.8 Å². The molecule has 0 bridgehead atoms. The number of thioether (sulfide) groups is 1. The van der Waals surface area contributed by atoms with Crippen molar-refractivity contribution in [2.45, 2.75) is 17.5 Å². The van der Waals surface area contributed by atoms with Crippen molar-refractivity contribution in [3.8, 4) is 0 Å². The molecule has 5 nitrogen and oxygen atoms in total. The smallest absolute Gasteiger partial charge is 0.223 e. The maximum atomic E-state index is 12.1. The number of rotatable bonds is 5. The Morgan fingerprint density at radius 1 is 1.30 bits per heavy atom. The zero-order chi connectivity index (χ0) is 16.2. The number of nitrogens with one attached hydrogen (secondary N) is 1. The van der Waals surface area contributed by atoms with Crippen LogP contribution < -0.4 is 5.32 Å². The van der Waals surface area contributed by atoms with Crippen LogP contribution in [0.2, 0.25) is 0 Å². The van der Waals surface area contributed by atoms with E-state index in [9.17, 15) is 4.79 Å². The molecule has 6 heteroatoms. The van der Waals surface area contributed by atoms with Crippen LogP contribution in [-0.4, -0.2) is 40.6 Å². The third-order valence-corrected chi connectivity index (χ3v) is 4.82. The van der Waals surface area contributed by atoms with E-state index in [1.54, 1.807) is 24.2 Å². The number of likely N-dealkylation sites (tertiary alicyclic amines) is 1. The van der Waals surface area contributed by atoms with E-state index < -0.39 is 0 Å². The maximum absolute atomic E-state index is 12.1. The average Bonchev–Trinajstić information content (AvgIpc) is 2.88. The van der Waals surface area contributed by atoms with Gasteiger partial charge >= 0.3 is 0 Å². The number of nitrogens with zero attached hydrogens (tertiary/aromatic N) is 3. The molecule has 1 aromatic heterocycles. The molecule has 2 heterocycles. The topological polar surface area (TPSA) is 58.1 Å². The number of hydrogen-bond acceptors (Lipinski definition) is 5. The quantitative estimate of drug-likeness (QED) is 0.855. The number of amides is 1. The maximum Gasteiger partial charge on any atom is 0.223 e. The lowest BCUT2D eigenvalue weighted by atomic mass is 9.93. The largest absolute Gasteiger partial charge is 0.368 e. The van der Waals surface area contributed by atoms with E-state index in [4.69, 9.17) is 0 Å². The molecule has 1 aliphatic rings. The minimum Gasteiger partial charge on any atom is -0.368 e. The highest BCUT2D eigenvalue weighted by Gasteiger charge is 2.38. The fourth-order valence-electron chi connectivity index (χ4n) is 3.05. The van der Waals surface area contributed by atoms with Gasteiger partial charge in [-0.2, -0.15) is 0 Å². The fourth-order valence-corrected chi connectivity index (χ4v) is 3.40. The zero-order valence-corrected chi connectivity index (χ0v) is 14.1. The lowest BCUT2D eigenvalue weighted by Crippen LogP contribution is -2.26. The zero-order valence-electron chi connectivity index (χ0n) is 13.3. The number of anilines is 1. The number of carbonyl (C=O) groups excluding carboxylic acids is 1. The summed E-state index contributed by atoms with van der Waals surface area (Å²) >= 11 is 1.56. The first kappa shape index (κ1) is 15.8. The number of hydrogen-bond donors (Lipinski definition) is 1. The van der Waals surface area contributed by atoms with Crippen LogP contribution in [0.3, 0.4) is 0 Å². The van der Waals surface area contributed by atoms with Crippen molar-refractivity contribution in [3.63, 3.8) is 0 Å². The van der Waals surface area contributed by atoms with Gasteiger partial charge in [0.25, 0.3) is 0 Å². The molecule has 0 aliphatic carbocycles. The van der Waals surface area contributed by atoms with E-state index in [1.165, 1.54) is 5.56 Å². The Labute approximate surface area is 140 Å². The highest BCUT2D eigenvalue weighted by Crippen LogP contribution is 2.36. The molecular weight excluding hydrogens is 308 g/mol. The third-order valence-electron chi connectivity index (χ3n) is 4.20. The van der Waals surface area contributed by atoms with Crippen LogP contribution in [0.4, 0.5) is 5.82 Å². The average molecular weight is 328 g/mol. The lowest BCUT2D eigenvalue weighted by Gasteiger charge is -2.25. The molecule has 2 atom stereocenters. The minimum absolute atomic E-state index is 0.105. The van der Waals surface area contributed by atoms with Crippen LogP contribution in [0.25, 0.3) is 0 Å². The fraction of sp³-hybridized carbons (Fsp3) is 0.353. The second-order valence-electron chi connectivity index (χ2n) is 5.65. The van der Waals surface area contributed by atoms with Crippen molar-refractivity contribution in [2.75, 3.05) is 25.2 Å². The molecule has 2 unspecified atom stereocenters. The van der Waals surface area contributed by atoms with E-state index in [1.807, 2.05) is 36.4 Å². The number of carbonyl (C=O) groups is 1. The van der Waals surface area contributed by atoms with Crippen LogP contribution in [0.1, 0.15) is 18.0 Å². The molecule has 0 spiro atoms. The summed E-state index contributed by atoms with van der Waals surface area (Å²) in [6, 6.07) is 10.3. The molecule has 1 aliphatic heterocycles. The first-order valence-electron chi connectivity index (χ1n) is 7.59. The normalized spacial score (nSPS) is 20.8. The van der Waals surface area contributed by atoms with Crippen molar-refractivity contribution < 1.29 is 4.79 Å². The first-order chi connectivity index (χ1) is 11.2. The molecule has 3 rings (SSSR count). The summed E-state index contributed by atoms with van der Waals surface area (Å²) in [6.45, 7) is 0.697. The number of benzene rings is 1. The van der Waals surface area contributed by atoms with Crippen molar-refractivity contribution in [1.82, 2.24) is 14.9 Å². The van der Waals surface area contributed by atoms with Gasteiger partial charge in [-0.1, -0.05) is 30.3 Å². The SMILES string of the molecule is CSc1cncc(NCC2CC(=O)N(C)C2c2ccccc2)n1. The van der Waals surface area contributed by atoms with Gasteiger partial charge < -0.3 is 10.2 Å². The Kier molecular flexibility index (Phi) is 4.81. The molecule has 120 valence electrons. The predicted molar refractivity (Wildman–Crippen MR) is 92.4 cm³/mol. The molecule has 1 saturated heterocycles. The Morgan fingerprint density at radius 3 is 2.83 bits per heavy atom. The van der Waals surface area contributed by atoms with Crippen molar-refractivity contribution in [1.29, 1.82) is 0 Å². The Hall–Kier alpha value is -2.08. The van der Waals surface area contributed by atoms with Crippen molar-refractivity contribution in [2.24, 2.45) is 5.92 Å². The van der Waals surface area contributed by atoms with Gasteiger partial charge in [0.2, 0.25) is 5.91 Å². The molecule has 23 heavy (non-hydrogen) atoms. The van der Waals surface area contributed by atoms with Gasteiger partial charge in [0, 0.05) is 25.9 Å². The highest BCUT2D eigenvalue weighted by molar-refractivity contribution is 7.98. The van der Waals surface area contributed by atoms with Crippen LogP contribution in [0.15, 0.2) is 47.8 Å². The van der Waals surface area contributed by atoms with E-state index in [0.29, 0.717) is 13.0 Å². The Balaban J connectivity index is 1.74. The minimum atomic E-state index is 0.105. The summed E-state index contributed by atoms with van der Waals surface area (Å²) in [5.74, 6) is 1.16. The van der Waals surface area contributed by atoms with E-state index in [-0.39, 0.29) is 17.9 Å². The summed E-state index contributed by atoms with van der Waals surface area (Å²) < 4.78 is 0. The van der Waals surface area contributed by atoms with Crippen LogP contribution in [-0.2, 0) is 4.79 Å². The van der Waals surface area contributed by atoms with Crippen molar-refractivity contribution in [3.05, 3.63) is 48.3 Å². The standard InChI is InChI=1S/C17H20N4OS/c1-21-16(22)8-13(17(21)12-6-4-3-5-7-12)9-19-14-10-18-11-15(20-14)23-2/h3-7,10-11,13,17H,8-9H2,1-2H3,(H,19,20). The van der Waals surface area contributed by atoms with Gasteiger partial charge in [-0.25, -0.2) is 4.98 Å². The van der Waals surface area contributed by atoms with E-state index in [0.717, 1.165) is 10.8 Å². The first-order valence-corrected chi connectivity index (χ1v) is 8.82. The van der Waals surface area contributed by atoms with Crippen LogP contribution >= 0.6 is 11.8 Å². The van der Waals surface area contributed by atoms with E-state index in [2.05, 4.69) is 27.4 Å². The summed E-state index contributed by atoms with van der Waals surface area (Å²) in [5.41, 5.74) is 1.18. The predicted octanol–water partition coefficient (Wildman–Crippen LogP) is 2.83. The third kappa shape index (κ3) is 3.47. The molecule has 0 radical (unpaired) electrons. The van der Waals surface area contributed by atoms with Gasteiger partial charge in [0.1, 0.15) is 10.8 Å². The van der Waals surface area contributed by atoms with Gasteiger partial charge in [0.05, 0.1) is 18.4 Å². The second kappa shape index (κ2) is 7.00. The second-order valence-corrected chi connectivity index (χ2v) is 6.48. The molecule has 1 fully saturated rings. The summed E-state index contributed by atoms with van der Waals surface area (Å²) in [7, 11) is 1.88. The highest BCUT2D eigenvalue weighted by atomic mass is 32.2. The lowest BCUT2D eigenvalue weighted by molar-refractivity contribution is -0.127. The molecule has 0 saturated carbocycles. The van der Waals surface area contributed by atoms with E-state index >= 15 is 0 Å². The Morgan fingerprint density at radius 2 is 2.09 bits per heavy atom. The number of aromatic nitrogens is 2. The van der Waals surface area contributed by atoms with Gasteiger partial charge in [-0.15, -0.1) is 11.8 Å². The monoisotopic (exact) mass is 328 g/mol. The molecule has 1 N–H and O–H groups in total. The summed E-state index contributed by atoms with van der Waals surface area (Å²) in [6.07, 6.45) is 6.00. The Bertz CT molecular complexity index is 679. The molecule has 1 amide bonds.